The van der Waals surface area contributed by atoms with Crippen LogP contribution in [0.1, 0.15) is 27.8 Å². The number of nitro groups is 2. The molecule has 0 fully saturated rings. The molecule has 6 N–H and O–H groups in total. The Labute approximate surface area is 805 Å². The highest BCUT2D eigenvalue weighted by molar-refractivity contribution is 9.09. The van der Waals surface area contributed by atoms with Crippen LogP contribution in [0, 0.1) is 54.0 Å². The Morgan fingerprint density at radius 1 is 0.489 bits per heavy atom. The highest BCUT2D eigenvalue weighted by atomic mass is 79.9. The predicted molar refractivity (Wildman–Crippen MR) is 546 cm³/mol. The molecule has 2 amide bonds. The number of carbonyl (C=O) groups excluding carboxylic acids is 2. The van der Waals surface area contributed by atoms with Gasteiger partial charge in [0.1, 0.15) is 6.20 Å². The van der Waals surface area contributed by atoms with Crippen LogP contribution in [0.15, 0.2) is 295 Å². The number of pyridine rings is 7. The summed E-state index contributed by atoms with van der Waals surface area (Å²) < 4.78 is 11.7. The molecule has 694 valence electrons. The number of likely N-dealkylation sites (N-methyl/N-ethyl adjacent to an activating group) is 1. The van der Waals surface area contributed by atoms with Crippen molar-refractivity contribution in [2.45, 2.75) is 27.7 Å². The fourth-order valence-corrected chi connectivity index (χ4v) is 16.0. The summed E-state index contributed by atoms with van der Waals surface area (Å²) in [5, 5.41) is 74.1. The number of rotatable bonds is 16. The molecule has 12 heterocycles. The van der Waals surface area contributed by atoms with Gasteiger partial charge in [0.15, 0.2) is 23.4 Å². The van der Waals surface area contributed by atoms with Crippen molar-refractivity contribution in [2.75, 3.05) is 41.9 Å². The molecule has 37 heteroatoms. The lowest BCUT2D eigenvalue weighted by atomic mass is 9.83. The molecular weight excluding hydrogens is 1850 g/mol. The van der Waals surface area contributed by atoms with Crippen LogP contribution in [0.4, 0.5) is 34.1 Å². The average molecular weight is 1940 g/mol. The molecule has 0 saturated carbocycles. The van der Waals surface area contributed by atoms with Crippen molar-refractivity contribution in [3.05, 3.63) is 371 Å². The maximum absolute atomic E-state index is 13.3. The molecule has 34 nitrogen and oxygen atoms in total. The van der Waals surface area contributed by atoms with E-state index in [9.17, 15) is 49.0 Å². The second-order valence-electron chi connectivity index (χ2n) is 32.6. The first-order chi connectivity index (χ1) is 66.6. The summed E-state index contributed by atoms with van der Waals surface area (Å²) in [5.74, 6) is -1.54. The number of carbonyl (C=O) groups is 3. The van der Waals surface area contributed by atoms with E-state index in [4.69, 9.17) is 32.5 Å². The van der Waals surface area contributed by atoms with Crippen molar-refractivity contribution in [1.29, 1.82) is 0 Å². The van der Waals surface area contributed by atoms with E-state index in [0.29, 0.717) is 89.6 Å². The Kier molecular flexibility index (Phi) is 28.9. The van der Waals surface area contributed by atoms with Crippen LogP contribution < -0.4 is 38.1 Å². The first kappa shape index (κ1) is 96.3. The Hall–Kier alpha value is -17.3. The van der Waals surface area contributed by atoms with Gasteiger partial charge in [0.25, 0.3) is 28.1 Å². The van der Waals surface area contributed by atoms with Gasteiger partial charge in [0.2, 0.25) is 5.91 Å². The maximum atomic E-state index is 13.3. The Balaban J connectivity index is 0.000000134. The van der Waals surface area contributed by atoms with Crippen LogP contribution >= 0.6 is 27.5 Å². The summed E-state index contributed by atoms with van der Waals surface area (Å²) >= 11 is 9.16. The third kappa shape index (κ3) is 21.6. The smallest absolute Gasteiger partial charge is 0.478 e. The van der Waals surface area contributed by atoms with Gasteiger partial charge in [-0.15, -0.1) is 0 Å². The van der Waals surface area contributed by atoms with Gasteiger partial charge in [-0.25, -0.2) is 19.5 Å². The normalized spacial score (nSPS) is 11.5. The average Bonchev–Trinajstić information content (AvgIpc) is 1.58. The number of amides is 2. The van der Waals surface area contributed by atoms with Gasteiger partial charge in [-0.2, -0.15) is 20.4 Å². The molecule has 8 aromatic carbocycles. The molecule has 11 aromatic heterocycles. The zero-order chi connectivity index (χ0) is 98.9. The standard InChI is InChI=1S/C29H28N6O2.C23H17N5O3.C23H19N5O.C19H11ClN3O3.C4H7BN2O2.C4H5BrO2/c1-19-7-10-23(15-26(19)32-27(36)6-5-13-33(2)3)35-28(37)12-9-21-16-30-25-11-8-20(14-24(25)29(21)35)22-17-31-34(4)18-22;1-14-3-6-18(10-21(14)28(30)31)27-22(29)8-5-16-11-24-20-7-4-15(9-19(20)23(16)27)17-12-25-26(2)13-17;1-14-3-6-18(10-20(14)24)28-22(29)8-5-16-11-25-21-7-4-15(9-19(21)23(16)28)17-12-26-27(2)13-17;1-11-2-5-14(9-17(11)23(25)26)22-18(24)7-3-12-10-21-16-6-4-13(20)8-15(16)19(12)22;1-7-3-4(2-6-7)5(8)9;5-3-1-2-4(6)7/h5-12,14-18H,13H2,1-4H3,(H,32,36);3-13H,1-2H3;3-13H,24H2,1-2H3;2-6,8-10H,1H3;2-3,8-9H,1H3;1-2H,3H2,(H,6,7)/q;;;+1;;/b6-5+;;;;;2-1+. The molecular formula is C102H87BBrClN21O13+. The number of halogens is 2. The summed E-state index contributed by atoms with van der Waals surface area (Å²) in [7, 11) is 9.81. The van der Waals surface area contributed by atoms with Crippen LogP contribution in [0.3, 0.4) is 0 Å². The number of nitrogens with two attached hydrogens (primary N) is 1. The lowest BCUT2D eigenvalue weighted by molar-refractivity contribution is -0.385. The molecule has 0 unspecified atom stereocenters. The molecule has 19 aromatic rings. The predicted octanol–water partition coefficient (Wildman–Crippen LogP) is 16.0. The quantitative estimate of drug-likeness (QED) is 0.00876. The van der Waals surface area contributed by atoms with Crippen molar-refractivity contribution in [3.63, 3.8) is 0 Å². The number of aliphatic carboxylic acids is 1. The molecule has 1 aliphatic heterocycles. The number of hydrogen-bond donors (Lipinski definition) is 5. The van der Waals surface area contributed by atoms with Crippen LogP contribution in [0.25, 0.3) is 133 Å². The molecule has 1 aliphatic rings. The second-order valence-corrected chi connectivity index (χ2v) is 33.7. The van der Waals surface area contributed by atoms with Gasteiger partial charge < -0.3 is 31.1 Å². The largest absolute Gasteiger partial charge is 0.491 e. The van der Waals surface area contributed by atoms with Crippen molar-refractivity contribution >= 4 is 174 Å². The first-order valence-electron chi connectivity index (χ1n) is 42.9. The van der Waals surface area contributed by atoms with Gasteiger partial charge in [-0.05, 0) is 179 Å². The number of nitrogen functional groups attached to an aromatic ring is 1. The van der Waals surface area contributed by atoms with E-state index in [1.165, 1.54) is 50.7 Å². The molecule has 0 aliphatic carbocycles. The first-order valence-corrected chi connectivity index (χ1v) is 44.4. The molecule has 0 bridgehead atoms. The van der Waals surface area contributed by atoms with Crippen LogP contribution in [0.5, 0.6) is 0 Å². The van der Waals surface area contributed by atoms with Crippen molar-refractivity contribution in [1.82, 2.24) is 77.7 Å². The van der Waals surface area contributed by atoms with Crippen molar-refractivity contribution in [2.24, 2.45) is 28.2 Å². The second kappa shape index (κ2) is 41.7. The number of benzene rings is 8. The molecule has 0 spiro atoms. The molecule has 0 radical (unpaired) electrons. The van der Waals surface area contributed by atoms with Crippen molar-refractivity contribution in [3.8, 4) is 50.4 Å². The van der Waals surface area contributed by atoms with E-state index >= 15 is 0 Å². The van der Waals surface area contributed by atoms with Gasteiger partial charge in [-0.1, -0.05) is 82.1 Å². The van der Waals surface area contributed by atoms with Crippen molar-refractivity contribution < 1.29 is 39.4 Å². The molecule has 0 saturated heterocycles. The number of nitro benzene ring substituents is 2. The number of fused-ring (bicyclic) bond motifs is 12. The minimum absolute atomic E-state index is 0.0317. The van der Waals surface area contributed by atoms with Crippen LogP contribution in [0.2, 0.25) is 5.02 Å². The molecule has 0 atom stereocenters. The summed E-state index contributed by atoms with van der Waals surface area (Å²) in [4.78, 5) is 117. The fourth-order valence-electron chi connectivity index (χ4n) is 15.6. The number of carboxylic acids is 1. The zero-order valence-corrected chi connectivity index (χ0v) is 78.7. The van der Waals surface area contributed by atoms with E-state index in [2.05, 4.69) is 73.7 Å². The molecule has 20 rings (SSSR count). The number of allylic oxidation sites excluding steroid dienone is 1. The lowest BCUT2D eigenvalue weighted by Crippen LogP contribution is -2.28. The molecule has 139 heavy (non-hydrogen) atoms. The summed E-state index contributed by atoms with van der Waals surface area (Å²) in [6.07, 6.45) is 31.3. The lowest BCUT2D eigenvalue weighted by Gasteiger charge is -2.21. The third-order valence-electron chi connectivity index (χ3n) is 22.5. The summed E-state index contributed by atoms with van der Waals surface area (Å²) in [5.41, 5.74) is 24.7. The number of anilines is 4. The Bertz CT molecular complexity index is 8390. The van der Waals surface area contributed by atoms with Gasteiger partial charge >= 0.3 is 19.0 Å². The van der Waals surface area contributed by atoms with E-state index in [1.54, 1.807) is 154 Å². The third-order valence-corrected chi connectivity index (χ3v) is 23.1. The van der Waals surface area contributed by atoms with Crippen LogP contribution in [-0.4, -0.2) is 154 Å². The van der Waals surface area contributed by atoms with Crippen LogP contribution in [-0.2, 0) is 42.6 Å². The number of nitrogens with zero attached hydrogens (tertiary/aromatic N) is 19. The van der Waals surface area contributed by atoms with E-state index in [1.807, 2.05) is 182 Å². The van der Waals surface area contributed by atoms with Gasteiger partial charge in [0.05, 0.1) is 89.8 Å². The fraction of sp³-hybridized carbons (Fsp3) is 0.118. The number of carboxylic acid groups (broad SMARTS) is 1. The monoisotopic (exact) mass is 1940 g/mol. The highest BCUT2D eigenvalue weighted by Gasteiger charge is 2.35. The number of alkyl halides is 1. The van der Waals surface area contributed by atoms with Gasteiger partial charge in [-0.3, -0.25) is 86.8 Å². The summed E-state index contributed by atoms with van der Waals surface area (Å²) in [6.45, 7) is 7.87. The number of hydrogen-bond acceptors (Lipinski definition) is 22. The highest BCUT2D eigenvalue weighted by Crippen LogP contribution is 2.42. The minimum Gasteiger partial charge on any atom is -0.478 e. The Morgan fingerprint density at radius 3 is 1.32 bits per heavy atom. The summed E-state index contributed by atoms with van der Waals surface area (Å²) in [6, 6.07) is 53.8. The zero-order valence-electron chi connectivity index (χ0n) is 76.4. The SMILES string of the molecule is Cc1ccc(-n2c(=O)ccc3cnc4ccc(-c5cnn(C)c5)cc4c32)cc1N.Cc1ccc(-n2c(=O)ccc3cnc4ccc(-c5cnn(C)c5)cc4c32)cc1NC(=O)/C=C/CN(C)C.Cc1ccc(-n2c(=O)ccc3cnc4ccc(-c5cnn(C)c5)cc4c32)cc1[N+](=O)[O-].Cc1ccc(N2C(=O)[C+]=Cc3cnc4ccc(Cl)cc4c32)cc1[N+](=O)[O-].Cn1cc(B(O)O)cn1.O=C(O)/C=C/CBr. The maximum Gasteiger partial charge on any atom is 0.491 e. The number of nitrogens with one attached hydrogen (secondary N) is 1. The van der Waals surface area contributed by atoms with E-state index in [0.717, 1.165) is 116 Å². The number of aryl methyl sites for hydroxylation is 8. The Morgan fingerprint density at radius 2 is 0.906 bits per heavy atom. The topological polar surface area (TPSA) is 432 Å². The van der Waals surface area contributed by atoms with E-state index in [-0.39, 0.29) is 34.0 Å². The number of aromatic nitrogens is 15. The van der Waals surface area contributed by atoms with E-state index < -0.39 is 28.8 Å². The van der Waals surface area contributed by atoms with Gasteiger partial charge in [0, 0.05) is 220 Å². The minimum atomic E-state index is -1.40.